The monoisotopic (exact) mass is 280 g/mol. The standard InChI is InChI=1S/C15H24N2O3/c1-11(5-4-8-16)15(18)17-10-12-6-7-13(19-2)9-14(12)20-3/h6-7,9,11H,4-5,8,10,16H2,1-3H3,(H,17,18). The van der Waals surface area contributed by atoms with E-state index in [-0.39, 0.29) is 11.8 Å². The Labute approximate surface area is 120 Å². The summed E-state index contributed by atoms with van der Waals surface area (Å²) in [6.45, 7) is 2.97. The smallest absolute Gasteiger partial charge is 0.223 e. The van der Waals surface area contributed by atoms with Crippen LogP contribution in [0.3, 0.4) is 0 Å². The highest BCUT2D eigenvalue weighted by Gasteiger charge is 2.13. The summed E-state index contributed by atoms with van der Waals surface area (Å²) in [5, 5.41) is 2.92. The third-order valence-electron chi connectivity index (χ3n) is 3.24. The first-order chi connectivity index (χ1) is 9.62. The van der Waals surface area contributed by atoms with Crippen molar-refractivity contribution in [3.63, 3.8) is 0 Å². The van der Waals surface area contributed by atoms with Crippen LogP contribution in [0.5, 0.6) is 11.5 Å². The lowest BCUT2D eigenvalue weighted by Crippen LogP contribution is -2.29. The van der Waals surface area contributed by atoms with Crippen molar-refractivity contribution in [2.75, 3.05) is 20.8 Å². The lowest BCUT2D eigenvalue weighted by molar-refractivity contribution is -0.124. The second kappa shape index (κ2) is 8.43. The van der Waals surface area contributed by atoms with E-state index in [1.54, 1.807) is 20.3 Å². The lowest BCUT2D eigenvalue weighted by Gasteiger charge is -2.14. The number of methoxy groups -OCH3 is 2. The van der Waals surface area contributed by atoms with Crippen molar-refractivity contribution >= 4 is 5.91 Å². The van der Waals surface area contributed by atoms with E-state index in [2.05, 4.69) is 5.32 Å². The Morgan fingerprint density at radius 2 is 2.10 bits per heavy atom. The maximum Gasteiger partial charge on any atom is 0.223 e. The summed E-state index contributed by atoms with van der Waals surface area (Å²) in [4.78, 5) is 11.9. The molecule has 1 amide bonds. The van der Waals surface area contributed by atoms with Crippen LogP contribution in [0.2, 0.25) is 0 Å². The van der Waals surface area contributed by atoms with Gasteiger partial charge in [0.1, 0.15) is 11.5 Å². The van der Waals surface area contributed by atoms with Crippen molar-refractivity contribution in [1.29, 1.82) is 0 Å². The summed E-state index contributed by atoms with van der Waals surface area (Å²) >= 11 is 0. The molecule has 5 nitrogen and oxygen atoms in total. The molecule has 3 N–H and O–H groups in total. The SMILES string of the molecule is COc1ccc(CNC(=O)C(C)CCCN)c(OC)c1. The first-order valence-electron chi connectivity index (χ1n) is 6.81. The Morgan fingerprint density at radius 3 is 2.70 bits per heavy atom. The molecule has 0 saturated heterocycles. The highest BCUT2D eigenvalue weighted by atomic mass is 16.5. The Kier molecular flexibility index (Phi) is 6.87. The highest BCUT2D eigenvalue weighted by molar-refractivity contribution is 5.78. The van der Waals surface area contributed by atoms with E-state index in [9.17, 15) is 4.79 Å². The summed E-state index contributed by atoms with van der Waals surface area (Å²) in [6.07, 6.45) is 1.67. The molecule has 112 valence electrons. The largest absolute Gasteiger partial charge is 0.497 e. The van der Waals surface area contributed by atoms with Crippen molar-refractivity contribution in [3.05, 3.63) is 23.8 Å². The molecule has 0 aromatic heterocycles. The fourth-order valence-corrected chi connectivity index (χ4v) is 1.91. The fraction of sp³-hybridized carbons (Fsp3) is 0.533. The summed E-state index contributed by atoms with van der Waals surface area (Å²) < 4.78 is 10.4. The predicted molar refractivity (Wildman–Crippen MR) is 78.8 cm³/mol. The minimum Gasteiger partial charge on any atom is -0.497 e. The van der Waals surface area contributed by atoms with Crippen LogP contribution < -0.4 is 20.5 Å². The molecule has 1 atom stereocenters. The molecule has 0 aliphatic carbocycles. The van der Waals surface area contributed by atoms with E-state index in [1.165, 1.54) is 0 Å². The van der Waals surface area contributed by atoms with Gasteiger partial charge >= 0.3 is 0 Å². The molecule has 0 aliphatic rings. The second-order valence-corrected chi connectivity index (χ2v) is 4.73. The lowest BCUT2D eigenvalue weighted by atomic mass is 10.0. The van der Waals surface area contributed by atoms with Crippen LogP contribution in [-0.2, 0) is 11.3 Å². The molecule has 20 heavy (non-hydrogen) atoms. The molecule has 5 heteroatoms. The number of hydrogen-bond acceptors (Lipinski definition) is 4. The van der Waals surface area contributed by atoms with Gasteiger partial charge in [0.25, 0.3) is 0 Å². The van der Waals surface area contributed by atoms with E-state index in [0.29, 0.717) is 18.8 Å². The number of amides is 1. The molecular formula is C15H24N2O3. The quantitative estimate of drug-likeness (QED) is 0.760. The number of carbonyl (C=O) groups is 1. The van der Waals surface area contributed by atoms with Gasteiger partial charge in [-0.1, -0.05) is 6.92 Å². The molecule has 0 radical (unpaired) electrons. The van der Waals surface area contributed by atoms with Crippen molar-refractivity contribution in [2.45, 2.75) is 26.3 Å². The minimum atomic E-state index is -0.0252. The normalized spacial score (nSPS) is 11.8. The third kappa shape index (κ3) is 4.74. The van der Waals surface area contributed by atoms with Crippen LogP contribution in [0, 0.1) is 5.92 Å². The molecule has 0 fully saturated rings. The summed E-state index contributed by atoms with van der Waals surface area (Å²) in [6, 6.07) is 5.55. The van der Waals surface area contributed by atoms with E-state index < -0.39 is 0 Å². The van der Waals surface area contributed by atoms with Crippen molar-refractivity contribution in [2.24, 2.45) is 11.7 Å². The number of ether oxygens (including phenoxy) is 2. The zero-order valence-electron chi connectivity index (χ0n) is 12.4. The topological polar surface area (TPSA) is 73.6 Å². The number of nitrogens with one attached hydrogen (secondary N) is 1. The summed E-state index contributed by atoms with van der Waals surface area (Å²) in [5.41, 5.74) is 6.37. The van der Waals surface area contributed by atoms with Crippen molar-refractivity contribution < 1.29 is 14.3 Å². The number of nitrogens with two attached hydrogens (primary N) is 1. The minimum absolute atomic E-state index is 0.0252. The summed E-state index contributed by atoms with van der Waals surface area (Å²) in [7, 11) is 3.21. The molecular weight excluding hydrogens is 256 g/mol. The number of hydrogen-bond donors (Lipinski definition) is 2. The average Bonchev–Trinajstić information content (AvgIpc) is 2.49. The molecule has 0 aliphatic heterocycles. The van der Waals surface area contributed by atoms with Gasteiger partial charge in [0.15, 0.2) is 0 Å². The van der Waals surface area contributed by atoms with Gasteiger partial charge in [-0.3, -0.25) is 4.79 Å². The van der Waals surface area contributed by atoms with Crippen LogP contribution >= 0.6 is 0 Å². The highest BCUT2D eigenvalue weighted by Crippen LogP contribution is 2.24. The molecule has 0 bridgehead atoms. The third-order valence-corrected chi connectivity index (χ3v) is 3.24. The zero-order chi connectivity index (χ0) is 15.0. The number of benzene rings is 1. The number of rotatable bonds is 8. The van der Waals surface area contributed by atoms with E-state index in [4.69, 9.17) is 15.2 Å². The molecule has 0 spiro atoms. The maximum absolute atomic E-state index is 11.9. The Morgan fingerprint density at radius 1 is 1.35 bits per heavy atom. The van der Waals surface area contributed by atoms with Gasteiger partial charge in [-0.05, 0) is 31.5 Å². The Hall–Kier alpha value is -1.75. The van der Waals surface area contributed by atoms with Gasteiger partial charge < -0.3 is 20.5 Å². The van der Waals surface area contributed by atoms with Crippen LogP contribution in [0.4, 0.5) is 0 Å². The van der Waals surface area contributed by atoms with E-state index in [0.717, 1.165) is 24.2 Å². The molecule has 0 heterocycles. The van der Waals surface area contributed by atoms with Crippen molar-refractivity contribution in [3.8, 4) is 11.5 Å². The van der Waals surface area contributed by atoms with Gasteiger partial charge in [-0.2, -0.15) is 0 Å². The van der Waals surface area contributed by atoms with Crippen LogP contribution in [0.1, 0.15) is 25.3 Å². The van der Waals surface area contributed by atoms with Crippen LogP contribution in [0.25, 0.3) is 0 Å². The average molecular weight is 280 g/mol. The zero-order valence-corrected chi connectivity index (χ0v) is 12.4. The van der Waals surface area contributed by atoms with Gasteiger partial charge in [0.05, 0.1) is 14.2 Å². The second-order valence-electron chi connectivity index (χ2n) is 4.73. The molecule has 0 saturated carbocycles. The summed E-state index contributed by atoms with van der Waals surface area (Å²) in [5.74, 6) is 1.45. The van der Waals surface area contributed by atoms with E-state index in [1.807, 2.05) is 19.1 Å². The Bertz CT molecular complexity index is 435. The van der Waals surface area contributed by atoms with Gasteiger partial charge in [-0.25, -0.2) is 0 Å². The van der Waals surface area contributed by atoms with Gasteiger partial charge in [-0.15, -0.1) is 0 Å². The first-order valence-corrected chi connectivity index (χ1v) is 6.81. The number of carbonyl (C=O) groups excluding carboxylic acids is 1. The maximum atomic E-state index is 11.9. The van der Waals surface area contributed by atoms with Gasteiger partial charge in [0, 0.05) is 24.1 Å². The molecule has 1 aromatic carbocycles. The van der Waals surface area contributed by atoms with Crippen LogP contribution in [0.15, 0.2) is 18.2 Å². The van der Waals surface area contributed by atoms with Crippen molar-refractivity contribution in [1.82, 2.24) is 5.32 Å². The fourth-order valence-electron chi connectivity index (χ4n) is 1.91. The van der Waals surface area contributed by atoms with Crippen LogP contribution in [-0.4, -0.2) is 26.7 Å². The molecule has 1 aromatic rings. The molecule has 1 rings (SSSR count). The molecule has 1 unspecified atom stereocenters. The van der Waals surface area contributed by atoms with E-state index >= 15 is 0 Å². The first kappa shape index (κ1) is 16.3. The Balaban J connectivity index is 2.58. The van der Waals surface area contributed by atoms with Gasteiger partial charge in [0.2, 0.25) is 5.91 Å². The predicted octanol–water partition coefficient (Wildman–Crippen LogP) is 1.69.